The molecule has 0 amide bonds. The summed E-state index contributed by atoms with van der Waals surface area (Å²) in [5, 5.41) is 0. The average Bonchev–Trinajstić information content (AvgIpc) is 2.86. The van der Waals surface area contributed by atoms with E-state index < -0.39 is 0 Å². The third-order valence-corrected chi connectivity index (χ3v) is 2.75. The quantitative estimate of drug-likeness (QED) is 0.442. The number of hydrogen-bond donors (Lipinski definition) is 0. The van der Waals surface area contributed by atoms with Gasteiger partial charge in [-0.1, -0.05) is 39.5 Å². The molecule has 0 N–H and O–H groups in total. The zero-order chi connectivity index (χ0) is 10.4. The molecule has 84 valence electrons. The molecule has 0 aromatic rings. The van der Waals surface area contributed by atoms with Crippen molar-refractivity contribution in [2.45, 2.75) is 65.3 Å². The second kappa shape index (κ2) is 6.41. The predicted molar refractivity (Wildman–Crippen MR) is 58.2 cm³/mol. The first-order valence-corrected chi connectivity index (χ1v) is 6.01. The van der Waals surface area contributed by atoms with Crippen molar-refractivity contribution in [1.29, 1.82) is 0 Å². The summed E-state index contributed by atoms with van der Waals surface area (Å²) >= 11 is 0. The second-order valence-corrected chi connectivity index (χ2v) is 4.50. The topological polar surface area (TPSA) is 21.8 Å². The Kier molecular flexibility index (Phi) is 5.49. The van der Waals surface area contributed by atoms with Gasteiger partial charge in [0.05, 0.1) is 6.61 Å². The Morgan fingerprint density at radius 3 is 2.57 bits per heavy atom. The minimum absolute atomic E-state index is 0.105. The Balaban J connectivity index is 1.85. The number of unbranched alkanes of at least 4 members (excludes halogenated alkanes) is 3. The van der Waals surface area contributed by atoms with Crippen LogP contribution in [0.25, 0.3) is 0 Å². The molecule has 0 radical (unpaired) electrons. The zero-order valence-corrected chi connectivity index (χ0v) is 9.79. The molecule has 3 atom stereocenters. The molecule has 1 heterocycles. The number of hydrogen-bond acceptors (Lipinski definition) is 2. The first kappa shape index (κ1) is 12.0. The van der Waals surface area contributed by atoms with E-state index in [1.165, 1.54) is 32.1 Å². The lowest BCUT2D eigenvalue weighted by atomic mass is 10.0. The second-order valence-electron chi connectivity index (χ2n) is 4.50. The molecule has 0 aliphatic carbocycles. The summed E-state index contributed by atoms with van der Waals surface area (Å²) in [6.07, 6.45) is 7.14. The first-order valence-electron chi connectivity index (χ1n) is 6.01. The highest BCUT2D eigenvalue weighted by Crippen LogP contribution is 2.23. The molecule has 1 aliphatic heterocycles. The molecule has 1 fully saturated rings. The molecule has 0 aromatic heterocycles. The number of ether oxygens (including phenoxy) is 2. The van der Waals surface area contributed by atoms with E-state index in [9.17, 15) is 0 Å². The Labute approximate surface area is 88.0 Å². The average molecular weight is 200 g/mol. The van der Waals surface area contributed by atoms with E-state index in [-0.39, 0.29) is 6.29 Å². The molecule has 0 saturated carbocycles. The van der Waals surface area contributed by atoms with E-state index in [4.69, 9.17) is 9.47 Å². The van der Waals surface area contributed by atoms with Gasteiger partial charge in [0.25, 0.3) is 0 Å². The normalized spacial score (nSPS) is 27.6. The van der Waals surface area contributed by atoms with Crippen molar-refractivity contribution in [2.24, 2.45) is 5.92 Å². The van der Waals surface area contributed by atoms with Crippen molar-refractivity contribution >= 4 is 0 Å². The van der Waals surface area contributed by atoms with Crippen LogP contribution in [0.5, 0.6) is 0 Å². The minimum Gasteiger partial charge on any atom is -0.350 e. The van der Waals surface area contributed by atoms with Gasteiger partial charge in [-0.05, 0) is 19.3 Å². The van der Waals surface area contributed by atoms with Crippen LogP contribution >= 0.6 is 0 Å². The molecule has 3 unspecified atom stereocenters. The molecule has 14 heavy (non-hydrogen) atoms. The van der Waals surface area contributed by atoms with Gasteiger partial charge in [0.15, 0.2) is 6.29 Å². The fraction of sp³-hybridized carbons (Fsp3) is 1.00. The summed E-state index contributed by atoms with van der Waals surface area (Å²) in [4.78, 5) is 0. The zero-order valence-electron chi connectivity index (χ0n) is 9.79. The highest BCUT2D eigenvalue weighted by Gasteiger charge is 2.35. The van der Waals surface area contributed by atoms with Gasteiger partial charge in [0, 0.05) is 0 Å². The molecule has 0 bridgehead atoms. The van der Waals surface area contributed by atoms with Crippen LogP contribution in [-0.2, 0) is 9.47 Å². The lowest BCUT2D eigenvalue weighted by Gasteiger charge is -2.10. The summed E-state index contributed by atoms with van der Waals surface area (Å²) in [7, 11) is 0. The van der Waals surface area contributed by atoms with E-state index >= 15 is 0 Å². The SMILES string of the molecule is CCCCCCC(C)COC1OC1C. The van der Waals surface area contributed by atoms with Gasteiger partial charge >= 0.3 is 0 Å². The third-order valence-electron chi connectivity index (χ3n) is 2.75. The van der Waals surface area contributed by atoms with Crippen LogP contribution < -0.4 is 0 Å². The maximum atomic E-state index is 5.56. The minimum atomic E-state index is 0.105. The van der Waals surface area contributed by atoms with Crippen LogP contribution in [0.2, 0.25) is 0 Å². The van der Waals surface area contributed by atoms with E-state index in [0.29, 0.717) is 12.0 Å². The maximum Gasteiger partial charge on any atom is 0.184 e. The van der Waals surface area contributed by atoms with Crippen LogP contribution in [0, 0.1) is 5.92 Å². The molecule has 1 rings (SSSR count). The summed E-state index contributed by atoms with van der Waals surface area (Å²) in [6, 6.07) is 0. The van der Waals surface area contributed by atoms with E-state index in [0.717, 1.165) is 6.61 Å². The highest BCUT2D eigenvalue weighted by atomic mass is 16.8. The third kappa shape index (κ3) is 4.97. The van der Waals surface area contributed by atoms with Crippen molar-refractivity contribution in [3.63, 3.8) is 0 Å². The van der Waals surface area contributed by atoms with Gasteiger partial charge in [-0.15, -0.1) is 0 Å². The van der Waals surface area contributed by atoms with Crippen LogP contribution in [0.1, 0.15) is 52.9 Å². The summed E-state index contributed by atoms with van der Waals surface area (Å²) in [5.74, 6) is 0.684. The molecular weight excluding hydrogens is 176 g/mol. The lowest BCUT2D eigenvalue weighted by molar-refractivity contribution is 0.0290. The van der Waals surface area contributed by atoms with Crippen molar-refractivity contribution in [3.05, 3.63) is 0 Å². The summed E-state index contributed by atoms with van der Waals surface area (Å²) < 4.78 is 10.7. The largest absolute Gasteiger partial charge is 0.350 e. The van der Waals surface area contributed by atoms with Crippen LogP contribution in [-0.4, -0.2) is 19.0 Å². The van der Waals surface area contributed by atoms with Crippen molar-refractivity contribution in [1.82, 2.24) is 0 Å². The van der Waals surface area contributed by atoms with Crippen LogP contribution in [0.15, 0.2) is 0 Å². The van der Waals surface area contributed by atoms with Gasteiger partial charge in [-0.25, -0.2) is 0 Å². The monoisotopic (exact) mass is 200 g/mol. The lowest BCUT2D eigenvalue weighted by Crippen LogP contribution is -2.08. The van der Waals surface area contributed by atoms with Crippen molar-refractivity contribution in [2.75, 3.05) is 6.61 Å². The van der Waals surface area contributed by atoms with Crippen molar-refractivity contribution in [3.8, 4) is 0 Å². The van der Waals surface area contributed by atoms with E-state index in [2.05, 4.69) is 20.8 Å². The Hall–Kier alpha value is -0.0800. The molecular formula is C12H24O2. The van der Waals surface area contributed by atoms with Crippen LogP contribution in [0.3, 0.4) is 0 Å². The molecule has 2 heteroatoms. The number of epoxide rings is 1. The Bertz CT molecular complexity index is 147. The Morgan fingerprint density at radius 1 is 1.29 bits per heavy atom. The molecule has 0 spiro atoms. The predicted octanol–water partition coefficient (Wildman–Crippen LogP) is 3.35. The van der Waals surface area contributed by atoms with Crippen molar-refractivity contribution < 1.29 is 9.47 Å². The Morgan fingerprint density at radius 2 is 2.00 bits per heavy atom. The smallest absolute Gasteiger partial charge is 0.184 e. The molecule has 1 aliphatic rings. The van der Waals surface area contributed by atoms with Crippen LogP contribution in [0.4, 0.5) is 0 Å². The van der Waals surface area contributed by atoms with Gasteiger partial charge in [0.2, 0.25) is 0 Å². The van der Waals surface area contributed by atoms with Gasteiger partial charge < -0.3 is 9.47 Å². The van der Waals surface area contributed by atoms with E-state index in [1.807, 2.05) is 0 Å². The first-order chi connectivity index (χ1) is 6.74. The summed E-state index contributed by atoms with van der Waals surface area (Å²) in [5.41, 5.74) is 0. The fourth-order valence-corrected chi connectivity index (χ4v) is 1.60. The maximum absolute atomic E-state index is 5.56. The molecule has 2 nitrogen and oxygen atoms in total. The van der Waals surface area contributed by atoms with Gasteiger partial charge in [-0.2, -0.15) is 0 Å². The number of rotatable bonds is 8. The molecule has 1 saturated heterocycles. The van der Waals surface area contributed by atoms with Gasteiger partial charge in [0.1, 0.15) is 6.10 Å². The standard InChI is InChI=1S/C12H24O2/c1-4-5-6-7-8-10(2)9-13-12-11(3)14-12/h10-12H,4-9H2,1-3H3. The molecule has 0 aromatic carbocycles. The van der Waals surface area contributed by atoms with E-state index in [1.54, 1.807) is 0 Å². The summed E-state index contributed by atoms with van der Waals surface area (Å²) in [6.45, 7) is 7.43. The fourth-order valence-electron chi connectivity index (χ4n) is 1.60. The van der Waals surface area contributed by atoms with Gasteiger partial charge in [-0.3, -0.25) is 0 Å². The highest BCUT2D eigenvalue weighted by molar-refractivity contribution is 4.70.